The van der Waals surface area contributed by atoms with Crippen LogP contribution in [-0.4, -0.2) is 50.9 Å². The van der Waals surface area contributed by atoms with Crippen molar-refractivity contribution in [1.29, 1.82) is 0 Å². The summed E-state index contributed by atoms with van der Waals surface area (Å²) in [6, 6.07) is 6.51. The van der Waals surface area contributed by atoms with E-state index in [2.05, 4.69) is 40.3 Å². The molecule has 1 N–H and O–H groups in total. The van der Waals surface area contributed by atoms with Crippen LogP contribution >= 0.6 is 12.2 Å². The van der Waals surface area contributed by atoms with E-state index in [1.807, 2.05) is 4.68 Å². The molecule has 0 amide bonds. The first-order chi connectivity index (χ1) is 12.5. The zero-order valence-corrected chi connectivity index (χ0v) is 16.2. The summed E-state index contributed by atoms with van der Waals surface area (Å²) in [6.45, 7) is 10.4. The molecule has 1 aliphatic rings. The van der Waals surface area contributed by atoms with E-state index in [4.69, 9.17) is 12.2 Å². The predicted octanol–water partition coefficient (Wildman–Crippen LogP) is 2.54. The van der Waals surface area contributed by atoms with Gasteiger partial charge in [0, 0.05) is 57.6 Å². The van der Waals surface area contributed by atoms with Gasteiger partial charge in [-0.15, -0.1) is 0 Å². The van der Waals surface area contributed by atoms with E-state index in [-0.39, 0.29) is 5.82 Å². The van der Waals surface area contributed by atoms with Gasteiger partial charge in [-0.3, -0.25) is 9.58 Å². The molecule has 1 saturated heterocycles. The highest BCUT2D eigenvalue weighted by Gasteiger charge is 2.20. The third-order valence-corrected chi connectivity index (χ3v) is 5.19. The molecule has 26 heavy (non-hydrogen) atoms. The second kappa shape index (κ2) is 8.60. The van der Waals surface area contributed by atoms with Gasteiger partial charge in [0.25, 0.3) is 0 Å². The van der Waals surface area contributed by atoms with Gasteiger partial charge in [-0.2, -0.15) is 5.10 Å². The first-order valence-electron chi connectivity index (χ1n) is 9.07. The molecule has 0 aliphatic carbocycles. The third kappa shape index (κ3) is 4.80. The summed E-state index contributed by atoms with van der Waals surface area (Å²) in [5.74, 6) is -0.216. The molecule has 1 aromatic carbocycles. The molecule has 0 radical (unpaired) electrons. The first-order valence-corrected chi connectivity index (χ1v) is 9.48. The van der Waals surface area contributed by atoms with E-state index in [0.29, 0.717) is 6.54 Å². The summed E-state index contributed by atoms with van der Waals surface area (Å²) in [5.41, 5.74) is 3.44. The highest BCUT2D eigenvalue weighted by molar-refractivity contribution is 7.80. The minimum atomic E-state index is -0.216. The minimum absolute atomic E-state index is 0.216. The molecule has 2 aromatic rings. The number of hydrogen-bond acceptors (Lipinski definition) is 3. The number of piperazine rings is 1. The molecule has 1 aromatic heterocycles. The second-order valence-corrected chi connectivity index (χ2v) is 7.03. The highest BCUT2D eigenvalue weighted by Crippen LogP contribution is 2.12. The van der Waals surface area contributed by atoms with Crippen LogP contribution in [0.5, 0.6) is 0 Å². The number of nitrogens with one attached hydrogen (secondary N) is 1. The van der Waals surface area contributed by atoms with Crippen molar-refractivity contribution in [3.63, 3.8) is 0 Å². The van der Waals surface area contributed by atoms with Crippen LogP contribution in [0.4, 0.5) is 4.39 Å². The maximum absolute atomic E-state index is 13.0. The van der Waals surface area contributed by atoms with Gasteiger partial charge in [0.15, 0.2) is 5.11 Å². The van der Waals surface area contributed by atoms with Crippen LogP contribution in [-0.2, 0) is 19.6 Å². The quantitative estimate of drug-likeness (QED) is 0.813. The fourth-order valence-corrected chi connectivity index (χ4v) is 3.37. The van der Waals surface area contributed by atoms with E-state index in [9.17, 15) is 4.39 Å². The van der Waals surface area contributed by atoms with E-state index < -0.39 is 0 Å². The Hall–Kier alpha value is -1.99. The van der Waals surface area contributed by atoms with Crippen LogP contribution in [0, 0.1) is 12.7 Å². The number of halogens is 1. The Balaban J connectivity index is 1.44. The standard InChI is InChI=1S/C19H26FN5S/c1-3-25-14-17(15(2)22-25)13-23-8-10-24(11-9-23)19(26)21-12-16-4-6-18(20)7-5-16/h4-7,14H,3,8-13H2,1-2H3,(H,21,26). The van der Waals surface area contributed by atoms with Crippen LogP contribution in [0.3, 0.4) is 0 Å². The first kappa shape index (κ1) is 18.8. The van der Waals surface area contributed by atoms with Crippen LogP contribution in [0.2, 0.25) is 0 Å². The Labute approximate surface area is 159 Å². The topological polar surface area (TPSA) is 36.3 Å². The monoisotopic (exact) mass is 375 g/mol. The lowest BCUT2D eigenvalue weighted by atomic mass is 10.2. The van der Waals surface area contributed by atoms with E-state index in [1.165, 1.54) is 17.7 Å². The molecule has 3 rings (SSSR count). The van der Waals surface area contributed by atoms with E-state index in [1.54, 1.807) is 12.1 Å². The fourth-order valence-electron chi connectivity index (χ4n) is 3.12. The Bertz CT molecular complexity index is 735. The van der Waals surface area contributed by atoms with Crippen molar-refractivity contribution in [3.8, 4) is 0 Å². The molecular formula is C19H26FN5S. The molecule has 0 bridgehead atoms. The number of nitrogens with zero attached hydrogens (tertiary/aromatic N) is 4. The van der Waals surface area contributed by atoms with Crippen molar-refractivity contribution in [2.24, 2.45) is 0 Å². The van der Waals surface area contributed by atoms with Crippen molar-refractivity contribution in [2.75, 3.05) is 26.2 Å². The Morgan fingerprint density at radius 3 is 2.50 bits per heavy atom. The van der Waals surface area contributed by atoms with Crippen LogP contribution in [0.1, 0.15) is 23.7 Å². The lowest BCUT2D eigenvalue weighted by Gasteiger charge is -2.36. The summed E-state index contributed by atoms with van der Waals surface area (Å²) >= 11 is 5.52. The molecule has 2 heterocycles. The van der Waals surface area contributed by atoms with Crippen molar-refractivity contribution in [3.05, 3.63) is 53.1 Å². The molecule has 140 valence electrons. The zero-order chi connectivity index (χ0) is 18.5. The summed E-state index contributed by atoms with van der Waals surface area (Å²) in [6.07, 6.45) is 2.15. The number of aromatic nitrogens is 2. The maximum atomic E-state index is 13.0. The Kier molecular flexibility index (Phi) is 6.21. The van der Waals surface area contributed by atoms with Gasteiger partial charge >= 0.3 is 0 Å². The van der Waals surface area contributed by atoms with Gasteiger partial charge in [0.1, 0.15) is 5.82 Å². The van der Waals surface area contributed by atoms with Crippen LogP contribution in [0.25, 0.3) is 0 Å². The molecule has 0 unspecified atom stereocenters. The van der Waals surface area contributed by atoms with Gasteiger partial charge in [0.2, 0.25) is 0 Å². The van der Waals surface area contributed by atoms with E-state index in [0.717, 1.165) is 55.6 Å². The van der Waals surface area contributed by atoms with Crippen molar-refractivity contribution < 1.29 is 4.39 Å². The van der Waals surface area contributed by atoms with Gasteiger partial charge in [-0.1, -0.05) is 12.1 Å². The molecule has 1 fully saturated rings. The lowest BCUT2D eigenvalue weighted by Crippen LogP contribution is -2.51. The SMILES string of the molecule is CCn1cc(CN2CCN(C(=S)NCc3ccc(F)cc3)CC2)c(C)n1. The molecular weight excluding hydrogens is 349 g/mol. The largest absolute Gasteiger partial charge is 0.358 e. The third-order valence-electron chi connectivity index (χ3n) is 4.78. The van der Waals surface area contributed by atoms with Gasteiger partial charge < -0.3 is 10.2 Å². The van der Waals surface area contributed by atoms with Gasteiger partial charge in [-0.25, -0.2) is 4.39 Å². The Morgan fingerprint density at radius 2 is 1.88 bits per heavy atom. The number of benzene rings is 1. The molecule has 0 saturated carbocycles. The number of rotatable bonds is 5. The average Bonchev–Trinajstić information content (AvgIpc) is 3.01. The molecule has 1 aliphatic heterocycles. The van der Waals surface area contributed by atoms with Crippen molar-refractivity contribution in [2.45, 2.75) is 33.5 Å². The number of aryl methyl sites for hydroxylation is 2. The molecule has 0 spiro atoms. The lowest BCUT2D eigenvalue weighted by molar-refractivity contribution is 0.174. The number of thiocarbonyl (C=S) groups is 1. The number of hydrogen-bond donors (Lipinski definition) is 1. The predicted molar refractivity (Wildman–Crippen MR) is 105 cm³/mol. The minimum Gasteiger partial charge on any atom is -0.358 e. The molecule has 7 heteroatoms. The highest BCUT2D eigenvalue weighted by atomic mass is 32.1. The molecule has 0 atom stereocenters. The Morgan fingerprint density at radius 1 is 1.19 bits per heavy atom. The van der Waals surface area contributed by atoms with Crippen LogP contribution in [0.15, 0.2) is 30.5 Å². The normalized spacial score (nSPS) is 15.3. The summed E-state index contributed by atoms with van der Waals surface area (Å²) < 4.78 is 14.9. The van der Waals surface area contributed by atoms with Crippen LogP contribution < -0.4 is 5.32 Å². The van der Waals surface area contributed by atoms with Crippen molar-refractivity contribution in [1.82, 2.24) is 24.9 Å². The van der Waals surface area contributed by atoms with Gasteiger partial charge in [0.05, 0.1) is 5.69 Å². The summed E-state index contributed by atoms with van der Waals surface area (Å²) in [7, 11) is 0. The zero-order valence-electron chi connectivity index (χ0n) is 15.4. The molecule has 5 nitrogen and oxygen atoms in total. The van der Waals surface area contributed by atoms with Gasteiger partial charge in [-0.05, 0) is 43.8 Å². The van der Waals surface area contributed by atoms with E-state index >= 15 is 0 Å². The maximum Gasteiger partial charge on any atom is 0.169 e. The fraction of sp³-hybridized carbons (Fsp3) is 0.474. The smallest absolute Gasteiger partial charge is 0.169 e. The summed E-state index contributed by atoms with van der Waals surface area (Å²) in [5, 5.41) is 8.57. The summed E-state index contributed by atoms with van der Waals surface area (Å²) in [4.78, 5) is 4.65. The second-order valence-electron chi connectivity index (χ2n) is 6.64. The van der Waals surface area contributed by atoms with Crippen molar-refractivity contribution >= 4 is 17.3 Å². The average molecular weight is 376 g/mol.